The normalized spacial score (nSPS) is 14.5. The van der Waals surface area contributed by atoms with E-state index in [1.54, 1.807) is 0 Å². The van der Waals surface area contributed by atoms with Crippen LogP contribution in [0.5, 0.6) is 0 Å². The van der Waals surface area contributed by atoms with E-state index < -0.39 is 11.6 Å². The molecule has 1 aromatic carbocycles. The Kier molecular flexibility index (Phi) is 3.76. The monoisotopic (exact) mass is 291 g/mol. The third-order valence-corrected chi connectivity index (χ3v) is 3.70. The number of benzene rings is 1. The molecule has 0 atom stereocenters. The van der Waals surface area contributed by atoms with E-state index in [-0.39, 0.29) is 5.69 Å². The lowest BCUT2D eigenvalue weighted by Gasteiger charge is -2.17. The van der Waals surface area contributed by atoms with Crippen molar-refractivity contribution in [2.75, 3.05) is 6.54 Å². The standard InChI is InChI=1S/C16H19F2N3/c1-10(2)7-16-20-13-9-19-6-5-14(13)21(16)15-8-11(17)3-4-12(15)18/h3-4,8,10,19H,5-7,9H2,1-2H3. The maximum atomic E-state index is 14.2. The zero-order valence-electron chi connectivity index (χ0n) is 12.3. The van der Waals surface area contributed by atoms with Crippen molar-refractivity contribution in [1.29, 1.82) is 0 Å². The number of aromatic nitrogens is 2. The predicted octanol–water partition coefficient (Wildman–Crippen LogP) is 2.99. The van der Waals surface area contributed by atoms with Crippen LogP contribution in [-0.2, 0) is 19.4 Å². The van der Waals surface area contributed by atoms with Crippen LogP contribution in [0, 0.1) is 17.6 Å². The van der Waals surface area contributed by atoms with Gasteiger partial charge in [-0.15, -0.1) is 0 Å². The minimum atomic E-state index is -0.432. The van der Waals surface area contributed by atoms with Gasteiger partial charge in [0.1, 0.15) is 17.5 Å². The minimum absolute atomic E-state index is 0.265. The fraction of sp³-hybridized carbons (Fsp3) is 0.438. The Bertz CT molecular complexity index is 662. The first-order chi connectivity index (χ1) is 10.1. The lowest BCUT2D eigenvalue weighted by Crippen LogP contribution is -2.25. The zero-order valence-corrected chi connectivity index (χ0v) is 12.3. The summed E-state index contributed by atoms with van der Waals surface area (Å²) in [5.41, 5.74) is 2.20. The van der Waals surface area contributed by atoms with Gasteiger partial charge in [-0.05, 0) is 18.1 Å². The molecule has 1 N–H and O–H groups in total. The number of imidazole rings is 1. The summed E-state index contributed by atoms with van der Waals surface area (Å²) in [6.45, 7) is 5.71. The fourth-order valence-electron chi connectivity index (χ4n) is 2.81. The van der Waals surface area contributed by atoms with Gasteiger partial charge in [0.25, 0.3) is 0 Å². The summed E-state index contributed by atoms with van der Waals surface area (Å²) in [7, 11) is 0. The third-order valence-electron chi connectivity index (χ3n) is 3.70. The molecular weight excluding hydrogens is 272 g/mol. The van der Waals surface area contributed by atoms with Crippen LogP contribution in [0.2, 0.25) is 0 Å². The summed E-state index contributed by atoms with van der Waals surface area (Å²) < 4.78 is 29.6. The van der Waals surface area contributed by atoms with Gasteiger partial charge in [-0.25, -0.2) is 13.8 Å². The molecule has 1 aliphatic rings. The molecule has 0 saturated carbocycles. The number of nitrogens with zero attached hydrogens (tertiary/aromatic N) is 2. The molecule has 0 bridgehead atoms. The molecule has 0 unspecified atom stereocenters. The quantitative estimate of drug-likeness (QED) is 0.942. The summed E-state index contributed by atoms with van der Waals surface area (Å²) in [5.74, 6) is 0.360. The van der Waals surface area contributed by atoms with Gasteiger partial charge < -0.3 is 5.32 Å². The van der Waals surface area contributed by atoms with E-state index in [0.29, 0.717) is 12.5 Å². The number of hydrogen-bond donors (Lipinski definition) is 1. The molecule has 0 radical (unpaired) electrons. The summed E-state index contributed by atoms with van der Waals surface area (Å²) in [5, 5.41) is 3.27. The lowest BCUT2D eigenvalue weighted by atomic mass is 10.1. The van der Waals surface area contributed by atoms with E-state index in [0.717, 1.165) is 42.7 Å². The van der Waals surface area contributed by atoms with Crippen molar-refractivity contribution in [3.05, 3.63) is 47.0 Å². The average molecular weight is 291 g/mol. The molecule has 2 heterocycles. The maximum absolute atomic E-state index is 14.2. The number of hydrogen-bond acceptors (Lipinski definition) is 2. The van der Waals surface area contributed by atoms with Gasteiger partial charge in [0.15, 0.2) is 0 Å². The second kappa shape index (κ2) is 5.56. The molecule has 2 aromatic rings. The summed E-state index contributed by atoms with van der Waals surface area (Å²) >= 11 is 0. The second-order valence-corrected chi connectivity index (χ2v) is 5.88. The molecule has 1 aromatic heterocycles. The molecule has 112 valence electrons. The van der Waals surface area contributed by atoms with Crippen LogP contribution in [-0.4, -0.2) is 16.1 Å². The molecule has 0 fully saturated rings. The highest BCUT2D eigenvalue weighted by Crippen LogP contribution is 2.25. The molecule has 1 aliphatic heterocycles. The molecule has 0 saturated heterocycles. The van der Waals surface area contributed by atoms with Crippen LogP contribution in [0.4, 0.5) is 8.78 Å². The average Bonchev–Trinajstić information content (AvgIpc) is 2.78. The number of fused-ring (bicyclic) bond motifs is 1. The second-order valence-electron chi connectivity index (χ2n) is 5.88. The smallest absolute Gasteiger partial charge is 0.147 e. The van der Waals surface area contributed by atoms with Crippen molar-refractivity contribution in [3.8, 4) is 5.69 Å². The first kappa shape index (κ1) is 14.2. The topological polar surface area (TPSA) is 29.9 Å². The van der Waals surface area contributed by atoms with Crippen LogP contribution >= 0.6 is 0 Å². The van der Waals surface area contributed by atoms with Crippen LogP contribution < -0.4 is 5.32 Å². The van der Waals surface area contributed by atoms with Crippen LogP contribution in [0.3, 0.4) is 0 Å². The van der Waals surface area contributed by atoms with Gasteiger partial charge in [0, 0.05) is 37.7 Å². The van der Waals surface area contributed by atoms with E-state index >= 15 is 0 Å². The van der Waals surface area contributed by atoms with Gasteiger partial charge in [0.05, 0.1) is 11.4 Å². The highest BCUT2D eigenvalue weighted by molar-refractivity contribution is 5.40. The van der Waals surface area contributed by atoms with Crippen molar-refractivity contribution in [2.45, 2.75) is 33.2 Å². The Morgan fingerprint density at radius 2 is 2.14 bits per heavy atom. The van der Waals surface area contributed by atoms with Crippen molar-refractivity contribution >= 4 is 0 Å². The van der Waals surface area contributed by atoms with E-state index in [4.69, 9.17) is 0 Å². The summed E-state index contributed by atoms with van der Waals surface area (Å²) in [4.78, 5) is 4.65. The summed E-state index contributed by atoms with van der Waals surface area (Å²) in [6.07, 6.45) is 1.51. The molecule has 0 aliphatic carbocycles. The Hall–Kier alpha value is -1.75. The lowest BCUT2D eigenvalue weighted by molar-refractivity contribution is 0.572. The molecule has 3 rings (SSSR count). The Balaban J connectivity index is 2.19. The van der Waals surface area contributed by atoms with Gasteiger partial charge in [-0.2, -0.15) is 0 Å². The Morgan fingerprint density at radius 1 is 1.33 bits per heavy atom. The van der Waals surface area contributed by atoms with Crippen LogP contribution in [0.1, 0.15) is 31.1 Å². The molecule has 21 heavy (non-hydrogen) atoms. The predicted molar refractivity (Wildman–Crippen MR) is 77.4 cm³/mol. The zero-order chi connectivity index (χ0) is 15.0. The number of nitrogens with one attached hydrogen (secondary N) is 1. The van der Waals surface area contributed by atoms with Crippen molar-refractivity contribution in [3.63, 3.8) is 0 Å². The highest BCUT2D eigenvalue weighted by Gasteiger charge is 2.23. The van der Waals surface area contributed by atoms with Gasteiger partial charge in [-0.1, -0.05) is 13.8 Å². The first-order valence-electron chi connectivity index (χ1n) is 7.31. The molecule has 3 nitrogen and oxygen atoms in total. The number of rotatable bonds is 3. The van der Waals surface area contributed by atoms with E-state index in [2.05, 4.69) is 24.1 Å². The SMILES string of the molecule is CC(C)Cc1nc2c(n1-c1cc(F)ccc1F)CCNC2. The molecule has 5 heteroatoms. The molecule has 0 amide bonds. The Labute approximate surface area is 123 Å². The fourth-order valence-corrected chi connectivity index (χ4v) is 2.81. The minimum Gasteiger partial charge on any atom is -0.311 e. The van der Waals surface area contributed by atoms with E-state index in [1.165, 1.54) is 12.1 Å². The van der Waals surface area contributed by atoms with Crippen LogP contribution in [0.25, 0.3) is 5.69 Å². The molecular formula is C16H19F2N3. The molecule has 0 spiro atoms. The first-order valence-corrected chi connectivity index (χ1v) is 7.31. The van der Waals surface area contributed by atoms with Crippen LogP contribution in [0.15, 0.2) is 18.2 Å². The van der Waals surface area contributed by atoms with Crippen molar-refractivity contribution in [2.24, 2.45) is 5.92 Å². The van der Waals surface area contributed by atoms with E-state index in [1.807, 2.05) is 4.57 Å². The van der Waals surface area contributed by atoms with Gasteiger partial charge >= 0.3 is 0 Å². The van der Waals surface area contributed by atoms with Gasteiger partial charge in [-0.3, -0.25) is 4.57 Å². The number of halogens is 2. The van der Waals surface area contributed by atoms with E-state index in [9.17, 15) is 8.78 Å². The maximum Gasteiger partial charge on any atom is 0.147 e. The Morgan fingerprint density at radius 3 is 2.90 bits per heavy atom. The highest BCUT2D eigenvalue weighted by atomic mass is 19.1. The third kappa shape index (κ3) is 2.70. The van der Waals surface area contributed by atoms with Crippen molar-refractivity contribution in [1.82, 2.24) is 14.9 Å². The summed E-state index contributed by atoms with van der Waals surface area (Å²) in [6, 6.07) is 3.58. The largest absolute Gasteiger partial charge is 0.311 e. The van der Waals surface area contributed by atoms with Crippen molar-refractivity contribution < 1.29 is 8.78 Å². The van der Waals surface area contributed by atoms with Gasteiger partial charge in [0.2, 0.25) is 0 Å².